The minimum absolute atomic E-state index is 0.00950. The molecule has 0 fully saturated rings. The summed E-state index contributed by atoms with van der Waals surface area (Å²) >= 11 is 1.31. The highest BCUT2D eigenvalue weighted by Crippen LogP contribution is 2.31. The molecule has 0 radical (unpaired) electrons. The minimum atomic E-state index is -0.884. The fourth-order valence-electron chi connectivity index (χ4n) is 4.03. The van der Waals surface area contributed by atoms with Gasteiger partial charge in [-0.3, -0.25) is 14.5 Å². The highest BCUT2D eigenvalue weighted by atomic mass is 32.1. The number of hydrogen-bond acceptors (Lipinski definition) is 4. The van der Waals surface area contributed by atoms with Gasteiger partial charge in [-0.2, -0.15) is 0 Å². The molecule has 0 unspecified atom stereocenters. The molecular weight excluding hydrogens is 492 g/mol. The van der Waals surface area contributed by atoms with Crippen LogP contribution >= 0.6 is 11.3 Å². The molecule has 0 saturated carbocycles. The Labute approximate surface area is 216 Å². The van der Waals surface area contributed by atoms with Crippen LogP contribution in [-0.4, -0.2) is 21.2 Å². The Hall–Kier alpha value is -4.43. The van der Waals surface area contributed by atoms with Crippen molar-refractivity contribution < 1.29 is 18.4 Å². The quantitative estimate of drug-likeness (QED) is 0.216. The van der Waals surface area contributed by atoms with Gasteiger partial charge in [-0.1, -0.05) is 36.4 Å². The first-order valence-corrected chi connectivity index (χ1v) is 12.4. The summed E-state index contributed by atoms with van der Waals surface area (Å²) in [4.78, 5) is 32.3. The largest absolute Gasteiger partial charge is 0.322 e. The van der Waals surface area contributed by atoms with Crippen molar-refractivity contribution in [1.29, 1.82) is 0 Å². The average Bonchev–Trinajstić information content (AvgIpc) is 3.62. The number of para-hydroxylation sites is 1. The fraction of sp³-hybridized carbons (Fsp3) is 0.0690. The summed E-state index contributed by atoms with van der Waals surface area (Å²) in [5.41, 5.74) is 1.47. The molecule has 0 atom stereocenters. The fourth-order valence-corrected chi connectivity index (χ4v) is 4.88. The van der Waals surface area contributed by atoms with Gasteiger partial charge in [0.05, 0.1) is 10.6 Å². The lowest BCUT2D eigenvalue weighted by atomic mass is 10.1. The summed E-state index contributed by atoms with van der Waals surface area (Å²) < 4.78 is 31.4. The molecule has 0 aliphatic heterocycles. The van der Waals surface area contributed by atoms with E-state index in [9.17, 15) is 18.4 Å². The van der Waals surface area contributed by atoms with Crippen LogP contribution in [0, 0.1) is 11.6 Å². The Morgan fingerprint density at radius 3 is 2.27 bits per heavy atom. The zero-order valence-electron chi connectivity index (χ0n) is 19.6. The number of hydrogen-bond donors (Lipinski definition) is 0. The highest BCUT2D eigenvalue weighted by molar-refractivity contribution is 7.12. The first-order valence-electron chi connectivity index (χ1n) is 11.6. The molecule has 0 spiro atoms. The van der Waals surface area contributed by atoms with Crippen molar-refractivity contribution in [3.63, 3.8) is 0 Å². The smallest absolute Gasteiger partial charge is 0.233 e. The van der Waals surface area contributed by atoms with Crippen molar-refractivity contribution in [1.82, 2.24) is 9.55 Å². The number of pyridine rings is 1. The van der Waals surface area contributed by atoms with Gasteiger partial charge in [-0.15, -0.1) is 11.3 Å². The standard InChI is InChI=1S/C29H21F2N3O2S/c30-22-9-6-10-23(31)27(22)34(26(35)14-11-20-7-2-1-3-8-20)25-13-12-21(19-32-25)28(36)29-24(15-18-37-29)33-16-4-5-17-33/h1-10,12-13,15-19H,11,14H2. The third-order valence-electron chi connectivity index (χ3n) is 5.85. The molecule has 1 amide bonds. The van der Waals surface area contributed by atoms with Gasteiger partial charge < -0.3 is 4.57 Å². The first kappa shape index (κ1) is 24.3. The molecule has 184 valence electrons. The molecule has 5 rings (SSSR count). The Kier molecular flexibility index (Phi) is 7.00. The van der Waals surface area contributed by atoms with E-state index in [0.717, 1.165) is 28.3 Å². The number of rotatable bonds is 8. The number of anilines is 2. The lowest BCUT2D eigenvalue weighted by molar-refractivity contribution is -0.118. The van der Waals surface area contributed by atoms with Crippen LogP contribution in [0.15, 0.2) is 103 Å². The monoisotopic (exact) mass is 513 g/mol. The number of halogens is 2. The Morgan fingerprint density at radius 1 is 0.865 bits per heavy atom. The number of nitrogens with zero attached hydrogens (tertiary/aromatic N) is 3. The van der Waals surface area contributed by atoms with Crippen molar-refractivity contribution in [3.8, 4) is 5.69 Å². The highest BCUT2D eigenvalue weighted by Gasteiger charge is 2.26. The molecule has 0 aliphatic carbocycles. The Morgan fingerprint density at radius 2 is 1.59 bits per heavy atom. The van der Waals surface area contributed by atoms with Crippen LogP contribution in [0.2, 0.25) is 0 Å². The van der Waals surface area contributed by atoms with E-state index < -0.39 is 23.2 Å². The summed E-state index contributed by atoms with van der Waals surface area (Å²) in [6, 6.07) is 21.3. The molecule has 3 aromatic heterocycles. The summed E-state index contributed by atoms with van der Waals surface area (Å²) in [5.74, 6) is -2.50. The molecule has 0 aliphatic rings. The topological polar surface area (TPSA) is 55.2 Å². The maximum Gasteiger partial charge on any atom is 0.233 e. The normalized spacial score (nSPS) is 10.9. The van der Waals surface area contributed by atoms with Crippen LogP contribution in [0.3, 0.4) is 0 Å². The molecule has 3 heterocycles. The van der Waals surface area contributed by atoms with Gasteiger partial charge in [0, 0.05) is 30.6 Å². The second-order valence-corrected chi connectivity index (χ2v) is 9.16. The van der Waals surface area contributed by atoms with Crippen LogP contribution in [-0.2, 0) is 11.2 Å². The van der Waals surface area contributed by atoms with Gasteiger partial charge in [0.25, 0.3) is 0 Å². The lowest BCUT2D eigenvalue weighted by Crippen LogP contribution is -2.29. The van der Waals surface area contributed by atoms with E-state index in [0.29, 0.717) is 16.9 Å². The van der Waals surface area contributed by atoms with Crippen LogP contribution in [0.1, 0.15) is 27.2 Å². The molecule has 0 bridgehead atoms. The molecule has 8 heteroatoms. The van der Waals surface area contributed by atoms with Crippen molar-refractivity contribution >= 4 is 34.5 Å². The number of ketones is 1. The number of aryl methyl sites for hydroxylation is 1. The van der Waals surface area contributed by atoms with Crippen LogP contribution < -0.4 is 4.90 Å². The summed E-state index contributed by atoms with van der Waals surface area (Å²) in [6.45, 7) is 0. The van der Waals surface area contributed by atoms with Gasteiger partial charge in [0.2, 0.25) is 11.7 Å². The third kappa shape index (κ3) is 5.10. The molecule has 0 saturated heterocycles. The third-order valence-corrected chi connectivity index (χ3v) is 6.76. The van der Waals surface area contributed by atoms with Crippen LogP contribution in [0.5, 0.6) is 0 Å². The second kappa shape index (κ2) is 10.7. The summed E-state index contributed by atoms with van der Waals surface area (Å²) in [5, 5.41) is 1.83. The van der Waals surface area contributed by atoms with Gasteiger partial charge in [0.1, 0.15) is 23.1 Å². The van der Waals surface area contributed by atoms with E-state index >= 15 is 0 Å². The van der Waals surface area contributed by atoms with Crippen LogP contribution in [0.25, 0.3) is 5.69 Å². The number of carbonyl (C=O) groups is 2. The average molecular weight is 514 g/mol. The molecule has 2 aromatic carbocycles. The van der Waals surface area contributed by atoms with Crippen molar-refractivity contribution in [2.24, 2.45) is 0 Å². The van der Waals surface area contributed by atoms with Gasteiger partial charge in [0.15, 0.2) is 0 Å². The number of amides is 1. The first-order chi connectivity index (χ1) is 18.0. The van der Waals surface area contributed by atoms with E-state index in [2.05, 4.69) is 4.98 Å². The molecule has 37 heavy (non-hydrogen) atoms. The lowest BCUT2D eigenvalue weighted by Gasteiger charge is -2.23. The van der Waals surface area contributed by atoms with E-state index in [1.54, 1.807) is 0 Å². The maximum absolute atomic E-state index is 14.8. The van der Waals surface area contributed by atoms with Gasteiger partial charge in [-0.25, -0.2) is 13.8 Å². The SMILES string of the molecule is O=C(c1ccc(N(C(=O)CCc2ccccc2)c2c(F)cccc2F)nc1)c1sccc1-n1cccc1. The van der Waals surface area contributed by atoms with E-state index in [-0.39, 0.29) is 18.0 Å². The van der Waals surface area contributed by atoms with E-state index in [1.807, 2.05) is 70.9 Å². The Bertz CT molecular complexity index is 1510. The van der Waals surface area contributed by atoms with Gasteiger partial charge in [-0.05, 0) is 59.8 Å². The van der Waals surface area contributed by atoms with Crippen molar-refractivity contribution in [3.05, 3.63) is 130 Å². The number of benzene rings is 2. The second-order valence-electron chi connectivity index (χ2n) is 8.24. The number of aromatic nitrogens is 2. The predicted octanol–water partition coefficient (Wildman–Crippen LogP) is 6.74. The summed E-state index contributed by atoms with van der Waals surface area (Å²) in [6.07, 6.45) is 5.43. The van der Waals surface area contributed by atoms with Gasteiger partial charge >= 0.3 is 0 Å². The zero-order chi connectivity index (χ0) is 25.8. The predicted molar refractivity (Wildman–Crippen MR) is 140 cm³/mol. The molecular formula is C29H21F2N3O2S. The summed E-state index contributed by atoms with van der Waals surface area (Å²) in [7, 11) is 0. The minimum Gasteiger partial charge on any atom is -0.322 e. The Balaban J connectivity index is 1.45. The van der Waals surface area contributed by atoms with Crippen molar-refractivity contribution in [2.45, 2.75) is 12.8 Å². The number of thiophene rings is 1. The number of carbonyl (C=O) groups excluding carboxylic acids is 2. The van der Waals surface area contributed by atoms with Crippen molar-refractivity contribution in [2.75, 3.05) is 4.90 Å². The maximum atomic E-state index is 14.8. The van der Waals surface area contributed by atoms with Crippen LogP contribution in [0.4, 0.5) is 20.3 Å². The zero-order valence-corrected chi connectivity index (χ0v) is 20.4. The van der Waals surface area contributed by atoms with E-state index in [1.165, 1.54) is 35.7 Å². The molecule has 0 N–H and O–H groups in total. The van der Waals surface area contributed by atoms with E-state index in [4.69, 9.17) is 0 Å². The molecule has 5 aromatic rings. The molecule has 5 nitrogen and oxygen atoms in total.